The first kappa shape index (κ1) is 19.6. The maximum Gasteiger partial charge on any atom is 0.251 e. The van der Waals surface area contributed by atoms with Crippen LogP contribution in [0.5, 0.6) is 0 Å². The van der Waals surface area contributed by atoms with E-state index in [2.05, 4.69) is 5.32 Å². The molecule has 1 N–H and O–H groups in total. The number of rotatable bonds is 5. The van der Waals surface area contributed by atoms with E-state index in [9.17, 15) is 13.2 Å². The Hall–Kier alpha value is -0.430. The van der Waals surface area contributed by atoms with Gasteiger partial charge in [-0.25, -0.2) is 8.42 Å². The van der Waals surface area contributed by atoms with Gasteiger partial charge in [-0.05, 0) is 31.5 Å². The quantitative estimate of drug-likeness (QED) is 0.880. The second-order valence-corrected chi connectivity index (χ2v) is 7.58. The highest BCUT2D eigenvalue weighted by molar-refractivity contribution is 7.90. The number of amides is 1. The van der Waals surface area contributed by atoms with Gasteiger partial charge in [-0.1, -0.05) is 23.2 Å². The van der Waals surface area contributed by atoms with Gasteiger partial charge < -0.3 is 5.32 Å². The van der Waals surface area contributed by atoms with Crippen LogP contribution in [0.2, 0.25) is 10.0 Å². The van der Waals surface area contributed by atoms with Crippen LogP contribution in [0.3, 0.4) is 0 Å². The highest BCUT2D eigenvalue weighted by atomic mass is 35.5. The minimum absolute atomic E-state index is 0. The van der Waals surface area contributed by atoms with Crippen molar-refractivity contribution in [1.29, 1.82) is 0 Å². The minimum atomic E-state index is -3.03. The van der Waals surface area contributed by atoms with Crippen molar-refractivity contribution in [3.8, 4) is 0 Å². The number of hydrogen-bond acceptors (Lipinski definition) is 3. The normalized spacial score (nSPS) is 12.4. The van der Waals surface area contributed by atoms with E-state index in [0.717, 1.165) is 6.26 Å². The Balaban J connectivity index is 0.00000361. The maximum atomic E-state index is 11.9. The van der Waals surface area contributed by atoms with E-state index in [4.69, 9.17) is 23.2 Å². The Kier molecular flexibility index (Phi) is 7.95. The maximum absolute atomic E-state index is 11.9. The Bertz CT molecular complexity index is 556. The van der Waals surface area contributed by atoms with Gasteiger partial charge >= 0.3 is 0 Å². The van der Waals surface area contributed by atoms with Gasteiger partial charge in [0.15, 0.2) is 0 Å². The topological polar surface area (TPSA) is 63.2 Å². The lowest BCUT2D eigenvalue weighted by molar-refractivity contribution is 0.0939. The number of benzene rings is 1. The van der Waals surface area contributed by atoms with E-state index in [1.165, 1.54) is 18.2 Å². The van der Waals surface area contributed by atoms with Crippen molar-refractivity contribution in [2.45, 2.75) is 19.4 Å². The molecule has 0 radical (unpaired) electrons. The Labute approximate surface area is 136 Å². The first-order valence-corrected chi connectivity index (χ1v) is 8.44. The molecule has 0 aliphatic heterocycles. The van der Waals surface area contributed by atoms with Crippen LogP contribution in [0.4, 0.5) is 0 Å². The average molecular weight is 358 g/mol. The number of sulfone groups is 1. The van der Waals surface area contributed by atoms with Crippen LogP contribution in [0.15, 0.2) is 18.2 Å². The standard InChI is InChI=1S/C12H15Cl2NO3S.H2S/c1-8(3-4-19(2,17)18)15-12(16)9-5-10(13)7-11(14)6-9;/h5-8H,3-4H2,1-2H3,(H,15,16);1H2/t8-;/m0./s1. The van der Waals surface area contributed by atoms with Crippen LogP contribution >= 0.6 is 36.7 Å². The molecule has 4 nitrogen and oxygen atoms in total. The van der Waals surface area contributed by atoms with Crippen molar-refractivity contribution in [1.82, 2.24) is 5.32 Å². The molecule has 0 unspecified atom stereocenters. The van der Waals surface area contributed by atoms with Crippen LogP contribution in [-0.2, 0) is 9.84 Å². The molecule has 1 amide bonds. The summed E-state index contributed by atoms with van der Waals surface area (Å²) in [5.74, 6) is -0.296. The molecule has 1 aromatic rings. The van der Waals surface area contributed by atoms with Crippen LogP contribution in [0, 0.1) is 0 Å². The Morgan fingerprint density at radius 3 is 2.20 bits per heavy atom. The summed E-state index contributed by atoms with van der Waals surface area (Å²) in [6, 6.07) is 4.30. The lowest BCUT2D eigenvalue weighted by Gasteiger charge is -2.13. The van der Waals surface area contributed by atoms with Crippen molar-refractivity contribution in [2.75, 3.05) is 12.0 Å². The van der Waals surface area contributed by atoms with Crippen LogP contribution < -0.4 is 5.32 Å². The van der Waals surface area contributed by atoms with E-state index in [1.807, 2.05) is 0 Å². The summed E-state index contributed by atoms with van der Waals surface area (Å²) < 4.78 is 22.1. The van der Waals surface area contributed by atoms with Gasteiger partial charge in [0.25, 0.3) is 5.91 Å². The van der Waals surface area contributed by atoms with Gasteiger partial charge in [0, 0.05) is 27.9 Å². The molecule has 1 atom stereocenters. The van der Waals surface area contributed by atoms with Crippen molar-refractivity contribution in [3.63, 3.8) is 0 Å². The lowest BCUT2D eigenvalue weighted by Crippen LogP contribution is -2.33. The molecule has 20 heavy (non-hydrogen) atoms. The summed E-state index contributed by atoms with van der Waals surface area (Å²) >= 11 is 11.6. The molecular formula is C12H17Cl2NO3S2. The summed E-state index contributed by atoms with van der Waals surface area (Å²) in [6.07, 6.45) is 1.52. The third kappa shape index (κ3) is 7.38. The van der Waals surface area contributed by atoms with E-state index in [0.29, 0.717) is 22.0 Å². The summed E-state index contributed by atoms with van der Waals surface area (Å²) in [4.78, 5) is 11.9. The summed E-state index contributed by atoms with van der Waals surface area (Å²) in [7, 11) is -3.03. The molecule has 114 valence electrons. The second-order valence-electron chi connectivity index (χ2n) is 4.45. The molecule has 0 saturated heterocycles. The number of carbonyl (C=O) groups is 1. The summed E-state index contributed by atoms with van der Waals surface area (Å²) in [6.45, 7) is 1.75. The molecule has 1 rings (SSSR count). The van der Waals surface area contributed by atoms with Gasteiger partial charge in [0.2, 0.25) is 0 Å². The predicted molar refractivity (Wildman–Crippen MR) is 88.1 cm³/mol. The molecular weight excluding hydrogens is 341 g/mol. The molecule has 0 aromatic heterocycles. The molecule has 0 saturated carbocycles. The van der Waals surface area contributed by atoms with E-state index in [1.54, 1.807) is 6.92 Å². The lowest BCUT2D eigenvalue weighted by atomic mass is 10.2. The van der Waals surface area contributed by atoms with Crippen LogP contribution in [0.1, 0.15) is 23.7 Å². The largest absolute Gasteiger partial charge is 0.350 e. The van der Waals surface area contributed by atoms with Crippen molar-refractivity contribution >= 4 is 52.4 Å². The van der Waals surface area contributed by atoms with Gasteiger partial charge in [0.05, 0.1) is 5.75 Å². The number of hydrogen-bond donors (Lipinski definition) is 1. The van der Waals surface area contributed by atoms with E-state index < -0.39 is 9.84 Å². The molecule has 0 aliphatic rings. The zero-order valence-corrected chi connectivity index (χ0v) is 14.4. The highest BCUT2D eigenvalue weighted by Crippen LogP contribution is 2.19. The Morgan fingerprint density at radius 1 is 1.25 bits per heavy atom. The fourth-order valence-corrected chi connectivity index (χ4v) is 2.76. The van der Waals surface area contributed by atoms with Gasteiger partial charge in [-0.15, -0.1) is 0 Å². The molecule has 8 heteroatoms. The molecule has 1 aromatic carbocycles. The van der Waals surface area contributed by atoms with Gasteiger partial charge in [-0.3, -0.25) is 4.79 Å². The first-order chi connectivity index (χ1) is 8.67. The predicted octanol–water partition coefficient (Wildman–Crippen LogP) is 2.66. The minimum Gasteiger partial charge on any atom is -0.350 e. The molecule has 0 aliphatic carbocycles. The summed E-state index contributed by atoms with van der Waals surface area (Å²) in [5, 5.41) is 3.46. The Morgan fingerprint density at radius 2 is 1.75 bits per heavy atom. The van der Waals surface area contributed by atoms with Gasteiger partial charge in [0.1, 0.15) is 9.84 Å². The zero-order valence-electron chi connectivity index (χ0n) is 11.1. The van der Waals surface area contributed by atoms with E-state index in [-0.39, 0.29) is 31.2 Å². The summed E-state index contributed by atoms with van der Waals surface area (Å²) in [5.41, 5.74) is 0.351. The molecule has 0 heterocycles. The highest BCUT2D eigenvalue weighted by Gasteiger charge is 2.13. The van der Waals surface area contributed by atoms with Crippen molar-refractivity contribution < 1.29 is 13.2 Å². The number of nitrogens with one attached hydrogen (secondary N) is 1. The zero-order chi connectivity index (χ0) is 14.6. The SMILES string of the molecule is C[C@@H](CCS(C)(=O)=O)NC(=O)c1cc(Cl)cc(Cl)c1.S. The fourth-order valence-electron chi connectivity index (χ4n) is 1.46. The van der Waals surface area contributed by atoms with Crippen LogP contribution in [-0.4, -0.2) is 32.4 Å². The first-order valence-electron chi connectivity index (χ1n) is 5.62. The average Bonchev–Trinajstić information content (AvgIpc) is 2.24. The fraction of sp³-hybridized carbons (Fsp3) is 0.417. The third-order valence-electron chi connectivity index (χ3n) is 2.42. The third-order valence-corrected chi connectivity index (χ3v) is 3.84. The number of carbonyl (C=O) groups excluding carboxylic acids is 1. The van der Waals surface area contributed by atoms with E-state index >= 15 is 0 Å². The van der Waals surface area contributed by atoms with Crippen LogP contribution in [0.25, 0.3) is 0 Å². The van der Waals surface area contributed by atoms with Crippen molar-refractivity contribution in [2.24, 2.45) is 0 Å². The number of halogens is 2. The second kappa shape index (κ2) is 8.12. The molecule has 0 bridgehead atoms. The molecule has 0 fully saturated rings. The smallest absolute Gasteiger partial charge is 0.251 e. The van der Waals surface area contributed by atoms with Gasteiger partial charge in [-0.2, -0.15) is 13.5 Å². The monoisotopic (exact) mass is 357 g/mol. The molecule has 0 spiro atoms. The van der Waals surface area contributed by atoms with Crippen molar-refractivity contribution in [3.05, 3.63) is 33.8 Å².